The van der Waals surface area contributed by atoms with Gasteiger partial charge < -0.3 is 17.2 Å². The molecule has 5 nitrogen and oxygen atoms in total. The summed E-state index contributed by atoms with van der Waals surface area (Å²) in [5, 5.41) is 3.49. The van der Waals surface area contributed by atoms with E-state index in [1.165, 1.54) is 11.1 Å². The Labute approximate surface area is 267 Å². The average Bonchev–Trinajstić information content (AvgIpc) is 3.27. The number of para-hydroxylation sites is 2. The minimum atomic E-state index is -1.67. The largest absolute Gasteiger partial charge is 0.456 e. The van der Waals surface area contributed by atoms with Crippen LogP contribution < -0.4 is 4.67 Å². The highest BCUT2D eigenvalue weighted by Crippen LogP contribution is 2.47. The first-order valence-corrected chi connectivity index (χ1v) is 16.6. The maximum atomic E-state index is 7.02. The first kappa shape index (κ1) is 28.3. The Bertz CT molecular complexity index is 2260. The summed E-state index contributed by atoms with van der Waals surface area (Å²) in [6.45, 7) is 4.43. The van der Waals surface area contributed by atoms with Gasteiger partial charge in [0.1, 0.15) is 33.5 Å². The van der Waals surface area contributed by atoms with Gasteiger partial charge >= 0.3 is 8.16 Å². The number of benzene rings is 6. The third-order valence-corrected chi connectivity index (χ3v) is 10.4. The molecule has 226 valence electrons. The summed E-state index contributed by atoms with van der Waals surface area (Å²) in [5.74, 6) is 0. The molecule has 0 aliphatic rings. The van der Waals surface area contributed by atoms with E-state index >= 15 is 0 Å². The zero-order chi connectivity index (χ0) is 31.0. The highest BCUT2D eigenvalue weighted by atomic mass is 31.1. The van der Waals surface area contributed by atoms with Crippen molar-refractivity contribution in [3.8, 4) is 0 Å². The van der Waals surface area contributed by atoms with Gasteiger partial charge in [0, 0.05) is 22.9 Å². The van der Waals surface area contributed by atoms with Gasteiger partial charge in [-0.1, -0.05) is 109 Å². The molecule has 2 aromatic heterocycles. The molecule has 0 fully saturated rings. The predicted molar refractivity (Wildman–Crippen MR) is 189 cm³/mol. The van der Waals surface area contributed by atoms with Crippen molar-refractivity contribution in [3.63, 3.8) is 0 Å². The van der Waals surface area contributed by atoms with Gasteiger partial charge in [-0.25, -0.2) is 0 Å². The van der Waals surface area contributed by atoms with Crippen molar-refractivity contribution in [1.29, 1.82) is 0 Å². The second-order valence-electron chi connectivity index (χ2n) is 11.4. The van der Waals surface area contributed by atoms with Crippen LogP contribution in [0.5, 0.6) is 0 Å². The topological polar surface area (TPSA) is 55.8 Å². The quantitative estimate of drug-likeness (QED) is 0.191. The molecule has 0 aliphatic heterocycles. The highest BCUT2D eigenvalue weighted by Gasteiger charge is 2.29. The Balaban J connectivity index is 1.52. The summed E-state index contributed by atoms with van der Waals surface area (Å²) < 4.78 is 30.0. The molecule has 6 aromatic carbocycles. The molecule has 2 heterocycles. The van der Waals surface area contributed by atoms with Crippen molar-refractivity contribution in [2.24, 2.45) is 0 Å². The van der Waals surface area contributed by atoms with E-state index in [4.69, 9.17) is 17.2 Å². The van der Waals surface area contributed by atoms with Gasteiger partial charge in [0.25, 0.3) is 0 Å². The molecule has 0 saturated heterocycles. The molecule has 0 N–H and O–H groups in total. The van der Waals surface area contributed by atoms with Crippen LogP contribution >= 0.6 is 8.16 Å². The van der Waals surface area contributed by atoms with Crippen LogP contribution in [0.15, 0.2) is 163 Å². The summed E-state index contributed by atoms with van der Waals surface area (Å²) in [5.41, 5.74) is 6.51. The van der Waals surface area contributed by atoms with Crippen LogP contribution in [0.1, 0.15) is 37.1 Å². The molecule has 8 aromatic rings. The zero-order valence-electron chi connectivity index (χ0n) is 25.5. The third kappa shape index (κ3) is 5.04. The number of hydrogen-bond acceptors (Lipinski definition) is 5. The van der Waals surface area contributed by atoms with E-state index in [9.17, 15) is 0 Å². The molecule has 8 rings (SSSR count). The molecule has 0 aliphatic carbocycles. The summed E-state index contributed by atoms with van der Waals surface area (Å²) in [6, 6.07) is 49.0. The standard InChI is InChI=1S/C40H32NO4P/c1-27(29-15-5-3-6-16-29)41(28(2)30-17-7-4-8-18-30)46-44-37-25-13-23-35-39(37)40-36(24-14-26-38(40)45-46)43-34-22-12-10-20-32(34)31-19-9-11-21-33(31)42-35/h3-28H,1-2H3/t27-,28-/m0/s1. The Morgan fingerprint density at radius 1 is 0.413 bits per heavy atom. The smallest absolute Gasteiger partial charge is 0.310 e. The van der Waals surface area contributed by atoms with Crippen LogP contribution in [0.25, 0.3) is 55.0 Å². The van der Waals surface area contributed by atoms with Crippen molar-refractivity contribution in [2.45, 2.75) is 25.9 Å². The first-order chi connectivity index (χ1) is 22.7. The maximum absolute atomic E-state index is 7.02. The second-order valence-corrected chi connectivity index (χ2v) is 12.7. The van der Waals surface area contributed by atoms with Gasteiger partial charge in [-0.05, 0) is 61.4 Å². The second kappa shape index (κ2) is 11.9. The monoisotopic (exact) mass is 621 g/mol. The lowest BCUT2D eigenvalue weighted by Gasteiger charge is -2.31. The Morgan fingerprint density at radius 2 is 0.783 bits per heavy atom. The summed E-state index contributed by atoms with van der Waals surface area (Å²) in [7, 11) is -1.67. The van der Waals surface area contributed by atoms with Crippen molar-refractivity contribution in [3.05, 3.63) is 157 Å². The average molecular weight is 622 g/mol. The van der Waals surface area contributed by atoms with Crippen LogP contribution in [0.4, 0.5) is 0 Å². The van der Waals surface area contributed by atoms with E-state index in [1.54, 1.807) is 0 Å². The normalized spacial score (nSPS) is 13.0. The SMILES string of the molecule is C[C@@H](c1ccccc1)N([C@@H](C)c1ccccc1)p1oc2cccc3oc4ccccc4c4ccccc4oc4cccc(o1)c4c32. The van der Waals surface area contributed by atoms with Gasteiger partial charge in [-0.15, -0.1) is 0 Å². The molecule has 0 radical (unpaired) electrons. The molecule has 0 amide bonds. The van der Waals surface area contributed by atoms with E-state index in [0.29, 0.717) is 22.3 Å². The molecular formula is C40H32NO4P. The lowest BCUT2D eigenvalue weighted by atomic mass is 10.0. The highest BCUT2D eigenvalue weighted by molar-refractivity contribution is 7.39. The van der Waals surface area contributed by atoms with Gasteiger partial charge in [0.2, 0.25) is 0 Å². The van der Waals surface area contributed by atoms with Crippen molar-refractivity contribution in [1.82, 2.24) is 0 Å². The van der Waals surface area contributed by atoms with Crippen LogP contribution in [-0.2, 0) is 0 Å². The van der Waals surface area contributed by atoms with Crippen LogP contribution in [0.3, 0.4) is 0 Å². The van der Waals surface area contributed by atoms with Gasteiger partial charge in [-0.3, -0.25) is 0 Å². The Morgan fingerprint density at radius 3 is 1.24 bits per heavy atom. The van der Waals surface area contributed by atoms with E-state index in [2.05, 4.69) is 79.2 Å². The minimum Gasteiger partial charge on any atom is -0.456 e. The molecule has 0 bridgehead atoms. The number of nitrogens with zero attached hydrogens (tertiary/aromatic N) is 1. The number of fused-ring (bicyclic) bond motifs is 3. The molecule has 0 saturated carbocycles. The zero-order valence-corrected chi connectivity index (χ0v) is 26.4. The Hall–Kier alpha value is -5.22. The maximum Gasteiger partial charge on any atom is 0.310 e. The fourth-order valence-corrected chi connectivity index (χ4v) is 8.00. The minimum absolute atomic E-state index is 0.0211. The first-order valence-electron chi connectivity index (χ1n) is 15.5. The van der Waals surface area contributed by atoms with Crippen molar-refractivity contribution >= 4 is 63.2 Å². The van der Waals surface area contributed by atoms with Crippen molar-refractivity contribution in [2.75, 3.05) is 4.67 Å². The molecule has 0 spiro atoms. The van der Waals surface area contributed by atoms with Gasteiger partial charge in [0.15, 0.2) is 0 Å². The number of hydrogen-bond donors (Lipinski definition) is 0. The van der Waals surface area contributed by atoms with E-state index in [-0.39, 0.29) is 12.1 Å². The molecule has 2 atom stereocenters. The molecule has 0 unspecified atom stereocenters. The van der Waals surface area contributed by atoms with Crippen molar-refractivity contribution < 1.29 is 17.2 Å². The van der Waals surface area contributed by atoms with Gasteiger partial charge in [0.05, 0.1) is 10.8 Å². The summed E-state index contributed by atoms with van der Waals surface area (Å²) in [6.07, 6.45) is 0. The van der Waals surface area contributed by atoms with Crippen LogP contribution in [0.2, 0.25) is 0 Å². The van der Waals surface area contributed by atoms with E-state index < -0.39 is 8.16 Å². The molecule has 46 heavy (non-hydrogen) atoms. The lowest BCUT2D eigenvalue weighted by Crippen LogP contribution is -2.27. The van der Waals surface area contributed by atoms with Gasteiger partial charge in [-0.2, -0.15) is 4.67 Å². The molecular weight excluding hydrogens is 589 g/mol. The Kier molecular flexibility index (Phi) is 7.34. The van der Waals surface area contributed by atoms with E-state index in [0.717, 1.165) is 32.7 Å². The summed E-state index contributed by atoms with van der Waals surface area (Å²) in [4.78, 5) is 0. The lowest BCUT2D eigenvalue weighted by molar-refractivity contribution is 0.558. The number of rotatable bonds is 5. The fraction of sp³-hybridized carbons (Fsp3) is 0.100. The predicted octanol–water partition coefficient (Wildman–Crippen LogP) is 12.5. The summed E-state index contributed by atoms with van der Waals surface area (Å²) >= 11 is 0. The molecule has 6 heteroatoms. The van der Waals surface area contributed by atoms with E-state index in [1.807, 2.05) is 84.9 Å². The van der Waals surface area contributed by atoms with Crippen LogP contribution in [-0.4, -0.2) is 0 Å². The third-order valence-electron chi connectivity index (χ3n) is 8.63. The van der Waals surface area contributed by atoms with Crippen LogP contribution in [0, 0.1) is 0 Å². The fourth-order valence-electron chi connectivity index (χ4n) is 6.30.